The number of nitrogens with zero attached hydrogens (tertiary/aromatic N) is 5. The van der Waals surface area contributed by atoms with Crippen LogP contribution in [0.5, 0.6) is 0 Å². The number of Topliss-reactive ketones (excluding diaryl/α,β-unsaturated/α-hetero) is 1. The number of anilines is 1. The molecule has 0 spiro atoms. The Kier molecular flexibility index (Phi) is 8.13. The van der Waals surface area contributed by atoms with E-state index in [-0.39, 0.29) is 47.2 Å². The summed E-state index contributed by atoms with van der Waals surface area (Å²) in [5.41, 5.74) is 1.40. The van der Waals surface area contributed by atoms with E-state index in [2.05, 4.69) is 20.3 Å². The van der Waals surface area contributed by atoms with Crippen molar-refractivity contribution in [1.82, 2.24) is 23.8 Å². The van der Waals surface area contributed by atoms with Crippen LogP contribution in [0, 0.1) is 12.7 Å². The molecule has 1 aliphatic rings. The van der Waals surface area contributed by atoms with Gasteiger partial charge >= 0.3 is 0 Å². The van der Waals surface area contributed by atoms with E-state index in [9.17, 15) is 17.6 Å². The lowest BCUT2D eigenvalue weighted by Gasteiger charge is -2.32. The minimum atomic E-state index is -4.02. The third-order valence-electron chi connectivity index (χ3n) is 6.69. The molecule has 4 heterocycles. The van der Waals surface area contributed by atoms with Crippen molar-refractivity contribution in [2.75, 3.05) is 38.7 Å². The number of likely N-dealkylation sites (tertiary alicyclic amines) is 1. The Hall–Kier alpha value is -3.45. The highest BCUT2D eigenvalue weighted by Gasteiger charge is 2.26. The second-order valence-electron chi connectivity index (χ2n) is 9.76. The van der Waals surface area contributed by atoms with Crippen LogP contribution >= 0.6 is 11.6 Å². The Balaban J connectivity index is 1.49. The number of aromatic nitrogens is 4. The smallest absolute Gasteiger partial charge is 0.269 e. The third-order valence-corrected chi connectivity index (χ3v) is 8.56. The molecule has 1 atom stereocenters. The number of aryl methyl sites for hydroxylation is 1. The van der Waals surface area contributed by atoms with Gasteiger partial charge in [-0.3, -0.25) is 9.69 Å². The third kappa shape index (κ3) is 5.85. The van der Waals surface area contributed by atoms with Gasteiger partial charge in [0, 0.05) is 43.0 Å². The van der Waals surface area contributed by atoms with Crippen LogP contribution in [0.3, 0.4) is 0 Å². The van der Waals surface area contributed by atoms with E-state index in [0.29, 0.717) is 22.5 Å². The van der Waals surface area contributed by atoms with E-state index in [0.717, 1.165) is 35.1 Å². The van der Waals surface area contributed by atoms with Crippen molar-refractivity contribution < 1.29 is 22.3 Å². The molecule has 0 aliphatic carbocycles. The molecule has 13 heteroatoms. The summed E-state index contributed by atoms with van der Waals surface area (Å²) in [7, 11) is -2.54. The summed E-state index contributed by atoms with van der Waals surface area (Å²) in [6.07, 6.45) is 5.37. The molecule has 40 heavy (non-hydrogen) atoms. The topological polar surface area (TPSA) is 119 Å². The van der Waals surface area contributed by atoms with Crippen LogP contribution in [-0.4, -0.2) is 77.4 Å². The SMILES string of the molecule is COCC(=O)CN1CCCC(Nc2nc(-c3cn(S(=O)(=O)c4ccc(C)cc4)c4ncc(Cl)cc34)ncc2F)C1. The summed E-state index contributed by atoms with van der Waals surface area (Å²) in [6, 6.07) is 7.91. The molecule has 210 valence electrons. The van der Waals surface area contributed by atoms with E-state index >= 15 is 0 Å². The molecule has 0 bridgehead atoms. The first-order chi connectivity index (χ1) is 19.2. The fourth-order valence-corrected chi connectivity index (χ4v) is 6.29. The first kappa shape index (κ1) is 28.1. The normalized spacial score (nSPS) is 16.4. The summed E-state index contributed by atoms with van der Waals surface area (Å²) in [6.45, 7) is 3.46. The molecular weight excluding hydrogens is 559 g/mol. The van der Waals surface area contributed by atoms with Crippen molar-refractivity contribution in [1.29, 1.82) is 0 Å². The number of piperidine rings is 1. The maximum atomic E-state index is 14.9. The Labute approximate surface area is 236 Å². The zero-order valence-corrected chi connectivity index (χ0v) is 23.5. The molecule has 5 rings (SSSR count). The van der Waals surface area contributed by atoms with Gasteiger partial charge in [-0.25, -0.2) is 31.7 Å². The minimum absolute atomic E-state index is 0.0163. The molecule has 1 fully saturated rings. The molecule has 4 aromatic rings. The number of ether oxygens (including phenoxy) is 1. The van der Waals surface area contributed by atoms with Crippen LogP contribution in [0.1, 0.15) is 18.4 Å². The van der Waals surface area contributed by atoms with E-state index in [1.165, 1.54) is 31.6 Å². The van der Waals surface area contributed by atoms with Gasteiger partial charge in [-0.2, -0.15) is 0 Å². The number of hydrogen-bond donors (Lipinski definition) is 1. The van der Waals surface area contributed by atoms with Crippen molar-refractivity contribution in [2.24, 2.45) is 0 Å². The highest BCUT2D eigenvalue weighted by molar-refractivity contribution is 7.90. The molecule has 1 saturated heterocycles. The van der Waals surface area contributed by atoms with E-state index in [4.69, 9.17) is 16.3 Å². The van der Waals surface area contributed by atoms with Crippen molar-refractivity contribution in [3.05, 3.63) is 65.3 Å². The molecular formula is C27H28ClFN6O4S. The maximum absolute atomic E-state index is 14.9. The number of hydrogen-bond acceptors (Lipinski definition) is 9. The Morgan fingerprint density at radius 2 is 2.00 bits per heavy atom. The quantitative estimate of drug-likeness (QED) is 0.311. The van der Waals surface area contributed by atoms with Crippen molar-refractivity contribution in [2.45, 2.75) is 30.7 Å². The fraction of sp³-hybridized carbons (Fsp3) is 0.333. The first-order valence-corrected chi connectivity index (χ1v) is 14.5. The van der Waals surface area contributed by atoms with Gasteiger partial charge in [0.2, 0.25) is 0 Å². The summed E-state index contributed by atoms with van der Waals surface area (Å²) in [5, 5.41) is 3.85. The second-order valence-corrected chi connectivity index (χ2v) is 12.0. The number of halogens is 2. The zero-order chi connectivity index (χ0) is 28.4. The largest absolute Gasteiger partial charge is 0.377 e. The predicted octanol–water partition coefficient (Wildman–Crippen LogP) is 3.92. The van der Waals surface area contributed by atoms with E-state index in [1.54, 1.807) is 18.2 Å². The van der Waals surface area contributed by atoms with Crippen LogP contribution in [0.4, 0.5) is 10.2 Å². The Morgan fingerprint density at radius 3 is 2.75 bits per heavy atom. The molecule has 1 N–H and O–H groups in total. The first-order valence-electron chi connectivity index (χ1n) is 12.7. The van der Waals surface area contributed by atoms with Gasteiger partial charge in [0.05, 0.1) is 22.7 Å². The molecule has 0 radical (unpaired) electrons. The number of carbonyl (C=O) groups is 1. The van der Waals surface area contributed by atoms with E-state index < -0.39 is 15.8 Å². The van der Waals surface area contributed by atoms with Crippen LogP contribution in [-0.2, 0) is 19.6 Å². The highest BCUT2D eigenvalue weighted by Crippen LogP contribution is 2.33. The number of benzene rings is 1. The van der Waals surface area contributed by atoms with Crippen molar-refractivity contribution in [3.8, 4) is 11.4 Å². The Morgan fingerprint density at radius 1 is 1.23 bits per heavy atom. The van der Waals surface area contributed by atoms with Gasteiger partial charge < -0.3 is 10.1 Å². The average Bonchev–Trinajstić information content (AvgIpc) is 3.30. The number of carbonyl (C=O) groups excluding carboxylic acids is 1. The number of rotatable bonds is 9. The molecule has 1 unspecified atom stereocenters. The van der Waals surface area contributed by atoms with Crippen LogP contribution in [0.15, 0.2) is 53.8 Å². The van der Waals surface area contributed by atoms with Crippen molar-refractivity contribution >= 4 is 44.3 Å². The van der Waals surface area contributed by atoms with Gasteiger partial charge in [-0.15, -0.1) is 0 Å². The monoisotopic (exact) mass is 586 g/mol. The summed E-state index contributed by atoms with van der Waals surface area (Å²) in [5.74, 6) is -0.581. The predicted molar refractivity (Wildman–Crippen MR) is 149 cm³/mol. The number of fused-ring (bicyclic) bond motifs is 1. The molecule has 0 amide bonds. The van der Waals surface area contributed by atoms with Crippen LogP contribution in [0.25, 0.3) is 22.4 Å². The zero-order valence-electron chi connectivity index (χ0n) is 22.0. The van der Waals surface area contributed by atoms with Gasteiger partial charge in [-0.1, -0.05) is 29.3 Å². The van der Waals surface area contributed by atoms with Gasteiger partial charge in [0.1, 0.15) is 6.61 Å². The number of methoxy groups -OCH3 is 1. The number of nitrogens with one attached hydrogen (secondary N) is 1. The van der Waals surface area contributed by atoms with Crippen LogP contribution in [0.2, 0.25) is 5.02 Å². The highest BCUT2D eigenvalue weighted by atomic mass is 35.5. The lowest BCUT2D eigenvalue weighted by Crippen LogP contribution is -2.45. The second kappa shape index (κ2) is 11.6. The van der Waals surface area contributed by atoms with Gasteiger partial charge in [0.15, 0.2) is 28.9 Å². The van der Waals surface area contributed by atoms with Crippen LogP contribution < -0.4 is 5.32 Å². The lowest BCUT2D eigenvalue weighted by atomic mass is 10.1. The molecule has 0 saturated carbocycles. The average molecular weight is 587 g/mol. The van der Waals surface area contributed by atoms with Gasteiger partial charge in [0.25, 0.3) is 10.0 Å². The molecule has 1 aromatic carbocycles. The summed E-state index contributed by atoms with van der Waals surface area (Å²) in [4.78, 5) is 27.0. The van der Waals surface area contributed by atoms with E-state index in [1.807, 2.05) is 11.8 Å². The summed E-state index contributed by atoms with van der Waals surface area (Å²) >= 11 is 6.22. The molecule has 3 aromatic heterocycles. The van der Waals surface area contributed by atoms with Crippen molar-refractivity contribution in [3.63, 3.8) is 0 Å². The number of ketones is 1. The standard InChI is InChI=1S/C27H28ClFN6O4S/c1-17-5-7-21(8-6-17)40(37,38)35-15-23(22-10-18(28)11-31-27(22)35)25-30-12-24(29)26(33-25)32-19-4-3-9-34(13-19)14-20(36)16-39-2/h5-8,10-12,15,19H,3-4,9,13-14,16H2,1-2H3,(H,30,32,33). The minimum Gasteiger partial charge on any atom is -0.377 e. The van der Waals surface area contributed by atoms with Gasteiger partial charge in [-0.05, 0) is 44.5 Å². The fourth-order valence-electron chi connectivity index (χ4n) is 4.80. The lowest BCUT2D eigenvalue weighted by molar-refractivity contribution is -0.124. The molecule has 10 nitrogen and oxygen atoms in total. The molecule has 1 aliphatic heterocycles. The summed E-state index contributed by atoms with van der Waals surface area (Å²) < 4.78 is 48.0. The Bertz CT molecular complexity index is 1660. The maximum Gasteiger partial charge on any atom is 0.269 e. The number of pyridine rings is 1.